The summed E-state index contributed by atoms with van der Waals surface area (Å²) >= 11 is 0. The highest BCUT2D eigenvalue weighted by Crippen LogP contribution is 2.50. The van der Waals surface area contributed by atoms with Crippen LogP contribution in [0.4, 0.5) is 15.8 Å². The Morgan fingerprint density at radius 1 is 1.05 bits per heavy atom. The van der Waals surface area contributed by atoms with Crippen LogP contribution in [0.3, 0.4) is 0 Å². The molecule has 2 aromatic heterocycles. The van der Waals surface area contributed by atoms with E-state index in [-0.39, 0.29) is 63.7 Å². The van der Waals surface area contributed by atoms with Gasteiger partial charge in [-0.15, -0.1) is 0 Å². The van der Waals surface area contributed by atoms with E-state index in [1.807, 2.05) is 22.7 Å². The van der Waals surface area contributed by atoms with E-state index in [1.165, 1.54) is 19.2 Å². The van der Waals surface area contributed by atoms with Crippen LogP contribution < -0.4 is 25.2 Å². The minimum absolute atomic E-state index is 0.0116. The second-order valence-electron chi connectivity index (χ2n) is 18.4. The molecule has 2 amide bonds. The number of nitrogens with one attached hydrogen (secondary N) is 2. The van der Waals surface area contributed by atoms with Gasteiger partial charge in [0.25, 0.3) is 5.56 Å². The number of nitrogens with zero attached hydrogens (tertiary/aromatic N) is 8. The fourth-order valence-electron chi connectivity index (χ4n) is 10.5. The predicted molar refractivity (Wildman–Crippen MR) is 246 cm³/mol. The van der Waals surface area contributed by atoms with Gasteiger partial charge in [-0.05, 0) is 111 Å². The van der Waals surface area contributed by atoms with Gasteiger partial charge < -0.3 is 25.0 Å². The molecule has 1 aliphatic carbocycles. The zero-order valence-corrected chi connectivity index (χ0v) is 38.2. The Labute approximate surface area is 382 Å². The maximum absolute atomic E-state index is 15.2. The number of piperidine rings is 3. The standard InChI is InChI=1S/C47H55FN10O7S/c1-4-54(2)66(63,64)53-39-11-9-37(48)44(36(39)27-49)65-32-6-10-38-35(25-32)46(62)58(28-50-38)31-13-16-47(26-31)17-21-57(22-18-47)42(60)23-29-14-19-56(20-15-29)30-5-7-33-40(24-30)55(3)52-43(33)34-8-12-41(59)51-45(34)61/h5-7,9-11,24-25,28-29,31,34,45,53,61H,4,8,12-23,26H2,1-3H3,(H,51,59). The van der Waals surface area contributed by atoms with E-state index in [0.717, 1.165) is 96.8 Å². The zero-order chi connectivity index (χ0) is 46.5. The number of nitriles is 1. The Bertz CT molecular complexity index is 2920. The van der Waals surface area contributed by atoms with Crippen LogP contribution in [0.15, 0.2) is 59.7 Å². The van der Waals surface area contributed by atoms with Crippen LogP contribution in [0, 0.1) is 28.5 Å². The number of anilines is 2. The predicted octanol–water partition coefficient (Wildman–Crippen LogP) is 5.65. The van der Waals surface area contributed by atoms with E-state index in [4.69, 9.17) is 9.84 Å². The summed E-state index contributed by atoms with van der Waals surface area (Å²) in [6, 6.07) is 14.8. The number of benzene rings is 3. The summed E-state index contributed by atoms with van der Waals surface area (Å²) in [5.41, 5.74) is 2.55. The molecule has 19 heteroatoms. The molecule has 0 bridgehead atoms. The molecule has 5 aromatic rings. The molecular formula is C47H55FN10O7S. The second-order valence-corrected chi connectivity index (χ2v) is 20.2. The highest BCUT2D eigenvalue weighted by Gasteiger charge is 2.43. The van der Waals surface area contributed by atoms with Crippen molar-refractivity contribution in [1.82, 2.24) is 33.9 Å². The van der Waals surface area contributed by atoms with E-state index in [1.54, 1.807) is 23.9 Å². The average molecular weight is 923 g/mol. The number of ether oxygens (including phenoxy) is 1. The fraction of sp³-hybridized carbons (Fsp3) is 0.489. The van der Waals surface area contributed by atoms with Gasteiger partial charge in [0.1, 0.15) is 23.6 Å². The van der Waals surface area contributed by atoms with Crippen molar-refractivity contribution < 1.29 is 32.2 Å². The number of hydrogen-bond acceptors (Lipinski definition) is 11. The molecule has 4 aliphatic rings. The molecule has 3 N–H and O–H groups in total. The van der Waals surface area contributed by atoms with Gasteiger partial charge in [-0.25, -0.2) is 9.37 Å². The van der Waals surface area contributed by atoms with Crippen molar-refractivity contribution in [3.8, 4) is 17.6 Å². The molecule has 0 radical (unpaired) electrons. The quantitative estimate of drug-likeness (QED) is 0.148. The van der Waals surface area contributed by atoms with Crippen LogP contribution in [-0.2, 0) is 26.8 Å². The first-order valence-electron chi connectivity index (χ1n) is 22.8. The summed E-state index contributed by atoms with van der Waals surface area (Å²) in [5.74, 6) is -1.17. The largest absolute Gasteiger partial charge is 0.453 e. The van der Waals surface area contributed by atoms with Crippen molar-refractivity contribution in [2.45, 2.75) is 89.3 Å². The minimum atomic E-state index is -4.02. The van der Waals surface area contributed by atoms with Crippen LogP contribution in [-0.4, -0.2) is 99.9 Å². The summed E-state index contributed by atoms with van der Waals surface area (Å²) < 4.78 is 53.3. The van der Waals surface area contributed by atoms with Crippen molar-refractivity contribution in [2.75, 3.05) is 49.4 Å². The number of carbonyl (C=O) groups excluding carboxylic acids is 2. The summed E-state index contributed by atoms with van der Waals surface area (Å²) in [7, 11) is -0.743. The lowest BCUT2D eigenvalue weighted by atomic mass is 9.76. The number of hydrogen-bond donors (Lipinski definition) is 3. The number of likely N-dealkylation sites (tertiary alicyclic amines) is 1. The number of aryl methyl sites for hydroxylation is 1. The average Bonchev–Trinajstić information content (AvgIpc) is 3.87. The zero-order valence-electron chi connectivity index (χ0n) is 37.4. The van der Waals surface area contributed by atoms with Gasteiger partial charge in [0.05, 0.1) is 34.1 Å². The van der Waals surface area contributed by atoms with Gasteiger partial charge in [-0.2, -0.15) is 23.1 Å². The number of halogens is 1. The smallest absolute Gasteiger partial charge is 0.301 e. The summed E-state index contributed by atoms with van der Waals surface area (Å²) in [6.45, 7) is 4.89. The number of amides is 2. The molecule has 66 heavy (non-hydrogen) atoms. The number of aliphatic hydroxyl groups excluding tert-OH is 1. The Morgan fingerprint density at radius 2 is 1.82 bits per heavy atom. The molecule has 3 unspecified atom stereocenters. The monoisotopic (exact) mass is 922 g/mol. The Balaban J connectivity index is 0.794. The first-order chi connectivity index (χ1) is 31.7. The van der Waals surface area contributed by atoms with Gasteiger partial charge in [0.2, 0.25) is 11.8 Å². The maximum Gasteiger partial charge on any atom is 0.301 e. The molecule has 17 nitrogen and oxygen atoms in total. The van der Waals surface area contributed by atoms with Crippen molar-refractivity contribution in [3.05, 3.63) is 82.3 Å². The SMILES string of the molecule is CCN(C)S(=O)(=O)Nc1ccc(F)c(Oc2ccc3ncn(C4CCC5(CCN(C(=O)CC6CCN(c7ccc8c(C9CCC(=O)NC9O)nn(C)c8c7)CC6)CC5)C4)c(=O)c3c2)c1C#N. The number of rotatable bonds is 11. The van der Waals surface area contributed by atoms with Crippen molar-refractivity contribution in [1.29, 1.82) is 5.26 Å². The summed E-state index contributed by atoms with van der Waals surface area (Å²) in [6.07, 6.45) is 8.15. The first kappa shape index (κ1) is 45.1. The van der Waals surface area contributed by atoms with E-state index >= 15 is 4.39 Å². The topological polar surface area (TPSA) is 208 Å². The molecule has 9 rings (SSSR count). The van der Waals surface area contributed by atoms with Gasteiger partial charge in [-0.1, -0.05) is 6.92 Å². The highest BCUT2D eigenvalue weighted by molar-refractivity contribution is 7.90. The second kappa shape index (κ2) is 17.9. The van der Waals surface area contributed by atoms with Crippen molar-refractivity contribution in [2.24, 2.45) is 18.4 Å². The molecule has 4 fully saturated rings. The Morgan fingerprint density at radius 3 is 2.55 bits per heavy atom. The van der Waals surface area contributed by atoms with Crippen LogP contribution in [0.5, 0.6) is 11.5 Å². The fourth-order valence-corrected chi connectivity index (χ4v) is 11.4. The third kappa shape index (κ3) is 8.69. The van der Waals surface area contributed by atoms with Crippen molar-refractivity contribution >= 4 is 55.2 Å². The van der Waals surface area contributed by atoms with E-state index < -0.39 is 28.0 Å². The Kier molecular flexibility index (Phi) is 12.3. The first-order valence-corrected chi connectivity index (χ1v) is 24.2. The third-order valence-electron chi connectivity index (χ3n) is 14.6. The lowest BCUT2D eigenvalue weighted by molar-refractivity contribution is -0.134. The van der Waals surface area contributed by atoms with Crippen LogP contribution in [0.1, 0.15) is 94.3 Å². The Hall–Kier alpha value is -6.10. The molecule has 3 atom stereocenters. The van der Waals surface area contributed by atoms with E-state index in [2.05, 4.69) is 38.1 Å². The number of aromatic nitrogens is 4. The summed E-state index contributed by atoms with van der Waals surface area (Å²) in [4.78, 5) is 48.4. The highest BCUT2D eigenvalue weighted by atomic mass is 32.2. The molecule has 3 saturated heterocycles. The lowest BCUT2D eigenvalue weighted by Gasteiger charge is -2.40. The van der Waals surface area contributed by atoms with Gasteiger partial charge >= 0.3 is 10.2 Å². The molecule has 1 saturated carbocycles. The van der Waals surface area contributed by atoms with Crippen LogP contribution in [0.2, 0.25) is 0 Å². The van der Waals surface area contributed by atoms with E-state index in [0.29, 0.717) is 43.8 Å². The van der Waals surface area contributed by atoms with Gasteiger partial charge in [0, 0.05) is 82.7 Å². The normalized spacial score (nSPS) is 21.4. The van der Waals surface area contributed by atoms with Crippen LogP contribution in [0.25, 0.3) is 21.8 Å². The minimum Gasteiger partial charge on any atom is -0.453 e. The van der Waals surface area contributed by atoms with Crippen LogP contribution >= 0.6 is 0 Å². The van der Waals surface area contributed by atoms with E-state index in [9.17, 15) is 33.2 Å². The van der Waals surface area contributed by atoms with Gasteiger partial charge in [-0.3, -0.25) is 28.4 Å². The van der Waals surface area contributed by atoms with Crippen molar-refractivity contribution in [3.63, 3.8) is 0 Å². The number of carbonyl (C=O) groups is 2. The number of aliphatic hydroxyl groups is 1. The third-order valence-corrected chi connectivity index (χ3v) is 16.1. The van der Waals surface area contributed by atoms with Gasteiger partial charge in [0.15, 0.2) is 11.6 Å². The molecular weight excluding hydrogens is 868 g/mol. The molecule has 5 heterocycles. The maximum atomic E-state index is 15.2. The lowest BCUT2D eigenvalue weighted by Crippen LogP contribution is -2.44. The molecule has 3 aromatic carbocycles. The number of fused-ring (bicyclic) bond motifs is 2. The summed E-state index contributed by atoms with van der Waals surface area (Å²) in [5, 5.41) is 29.1. The molecule has 3 aliphatic heterocycles. The molecule has 1 spiro atoms. The molecule has 348 valence electrons.